The molecule has 0 saturated carbocycles. The minimum atomic E-state index is 0.880. The molecule has 0 aromatic heterocycles. The Morgan fingerprint density at radius 1 is 0.950 bits per heavy atom. The Bertz CT molecular complexity index is 517. The van der Waals surface area contributed by atoms with Crippen LogP contribution in [0.25, 0.3) is 0 Å². The van der Waals surface area contributed by atoms with Gasteiger partial charge in [0.25, 0.3) is 0 Å². The Labute approximate surface area is 121 Å². The maximum atomic E-state index is 5.12. The van der Waals surface area contributed by atoms with Gasteiger partial charge in [0.2, 0.25) is 0 Å². The minimum Gasteiger partial charge on any atom is -0.497 e. The Hall–Kier alpha value is -2.09. The number of methoxy groups -OCH3 is 1. The number of benzene rings is 2. The third kappa shape index (κ3) is 4.88. The SMILES string of the molecule is COc1ccc(C=NCCCCc2ccccc2)cc1. The van der Waals surface area contributed by atoms with Crippen molar-refractivity contribution in [2.75, 3.05) is 13.7 Å². The summed E-state index contributed by atoms with van der Waals surface area (Å²) in [6, 6.07) is 18.6. The van der Waals surface area contributed by atoms with Crippen LogP contribution in [0.5, 0.6) is 5.75 Å². The number of aliphatic imine (C=N–C) groups is 1. The minimum absolute atomic E-state index is 0.880. The van der Waals surface area contributed by atoms with Crippen molar-refractivity contribution in [3.63, 3.8) is 0 Å². The fraction of sp³-hybridized carbons (Fsp3) is 0.278. The standard InChI is InChI=1S/C18H21NO/c1-20-18-12-10-17(11-13-18)15-19-14-6-5-9-16-7-3-2-4-8-16/h2-4,7-8,10-13,15H,5-6,9,14H2,1H3. The van der Waals surface area contributed by atoms with E-state index in [1.165, 1.54) is 12.0 Å². The van der Waals surface area contributed by atoms with Crippen LogP contribution in [0, 0.1) is 0 Å². The highest BCUT2D eigenvalue weighted by Gasteiger charge is 1.92. The van der Waals surface area contributed by atoms with E-state index in [2.05, 4.69) is 35.3 Å². The lowest BCUT2D eigenvalue weighted by Gasteiger charge is -2.00. The Kier molecular flexibility index (Phi) is 5.84. The van der Waals surface area contributed by atoms with Gasteiger partial charge in [-0.3, -0.25) is 4.99 Å². The number of aryl methyl sites for hydroxylation is 1. The summed E-state index contributed by atoms with van der Waals surface area (Å²) in [5, 5.41) is 0. The maximum absolute atomic E-state index is 5.12. The highest BCUT2D eigenvalue weighted by Crippen LogP contribution is 2.10. The zero-order valence-electron chi connectivity index (χ0n) is 12.0. The van der Waals surface area contributed by atoms with Crippen LogP contribution < -0.4 is 4.74 Å². The largest absolute Gasteiger partial charge is 0.497 e. The van der Waals surface area contributed by atoms with E-state index in [-0.39, 0.29) is 0 Å². The van der Waals surface area contributed by atoms with E-state index in [9.17, 15) is 0 Å². The molecule has 2 aromatic carbocycles. The topological polar surface area (TPSA) is 21.6 Å². The van der Waals surface area contributed by atoms with E-state index in [1.807, 2.05) is 30.5 Å². The summed E-state index contributed by atoms with van der Waals surface area (Å²) in [5.41, 5.74) is 2.53. The van der Waals surface area contributed by atoms with Crippen molar-refractivity contribution in [3.05, 3.63) is 65.7 Å². The molecule has 0 aliphatic rings. The lowest BCUT2D eigenvalue weighted by Crippen LogP contribution is -1.89. The molecule has 0 atom stereocenters. The van der Waals surface area contributed by atoms with Gasteiger partial charge in [-0.05, 0) is 54.7 Å². The quantitative estimate of drug-likeness (QED) is 0.546. The molecule has 0 aliphatic heterocycles. The van der Waals surface area contributed by atoms with Gasteiger partial charge in [0.05, 0.1) is 7.11 Å². The zero-order valence-corrected chi connectivity index (χ0v) is 12.0. The maximum Gasteiger partial charge on any atom is 0.118 e. The molecule has 0 spiro atoms. The molecule has 0 heterocycles. The highest BCUT2D eigenvalue weighted by molar-refractivity contribution is 5.79. The first-order valence-corrected chi connectivity index (χ1v) is 7.06. The molecule has 0 bridgehead atoms. The molecule has 0 saturated heterocycles. The van der Waals surface area contributed by atoms with Crippen LogP contribution in [0.15, 0.2) is 59.6 Å². The van der Waals surface area contributed by atoms with Crippen LogP contribution in [-0.2, 0) is 6.42 Å². The summed E-state index contributed by atoms with van der Waals surface area (Å²) in [4.78, 5) is 4.46. The van der Waals surface area contributed by atoms with Crippen molar-refractivity contribution >= 4 is 6.21 Å². The molecule has 2 rings (SSSR count). The van der Waals surface area contributed by atoms with Gasteiger partial charge in [0, 0.05) is 12.8 Å². The van der Waals surface area contributed by atoms with Crippen molar-refractivity contribution < 1.29 is 4.74 Å². The van der Waals surface area contributed by atoms with Crippen LogP contribution in [-0.4, -0.2) is 19.9 Å². The van der Waals surface area contributed by atoms with Crippen molar-refractivity contribution in [2.45, 2.75) is 19.3 Å². The number of nitrogens with zero attached hydrogens (tertiary/aromatic N) is 1. The van der Waals surface area contributed by atoms with Crippen molar-refractivity contribution in [3.8, 4) is 5.75 Å². The second kappa shape index (κ2) is 8.16. The van der Waals surface area contributed by atoms with Gasteiger partial charge in [0.1, 0.15) is 5.75 Å². The number of hydrogen-bond acceptors (Lipinski definition) is 2. The number of hydrogen-bond donors (Lipinski definition) is 0. The van der Waals surface area contributed by atoms with Crippen molar-refractivity contribution in [2.24, 2.45) is 4.99 Å². The number of ether oxygens (including phenoxy) is 1. The summed E-state index contributed by atoms with van der Waals surface area (Å²) >= 11 is 0. The predicted octanol–water partition coefficient (Wildman–Crippen LogP) is 4.14. The second-order valence-corrected chi connectivity index (χ2v) is 4.75. The van der Waals surface area contributed by atoms with E-state index in [1.54, 1.807) is 7.11 Å². The first kappa shape index (κ1) is 14.3. The smallest absolute Gasteiger partial charge is 0.118 e. The highest BCUT2D eigenvalue weighted by atomic mass is 16.5. The lowest BCUT2D eigenvalue weighted by atomic mass is 10.1. The lowest BCUT2D eigenvalue weighted by molar-refractivity contribution is 0.415. The van der Waals surface area contributed by atoms with Gasteiger partial charge in [-0.2, -0.15) is 0 Å². The summed E-state index contributed by atoms with van der Waals surface area (Å²) in [7, 11) is 1.68. The molecular formula is C18H21NO. The molecule has 0 unspecified atom stereocenters. The molecule has 0 amide bonds. The third-order valence-electron chi connectivity index (χ3n) is 3.20. The van der Waals surface area contributed by atoms with Gasteiger partial charge in [-0.1, -0.05) is 30.3 Å². The normalized spacial score (nSPS) is 10.8. The van der Waals surface area contributed by atoms with E-state index >= 15 is 0 Å². The van der Waals surface area contributed by atoms with Crippen LogP contribution in [0.4, 0.5) is 0 Å². The molecule has 0 N–H and O–H groups in total. The molecule has 2 nitrogen and oxygen atoms in total. The van der Waals surface area contributed by atoms with E-state index < -0.39 is 0 Å². The number of unbranched alkanes of at least 4 members (excludes halogenated alkanes) is 1. The average Bonchev–Trinajstić information content (AvgIpc) is 2.52. The Morgan fingerprint density at radius 2 is 1.70 bits per heavy atom. The molecule has 20 heavy (non-hydrogen) atoms. The Balaban J connectivity index is 1.66. The average molecular weight is 267 g/mol. The summed E-state index contributed by atoms with van der Waals surface area (Å²) < 4.78 is 5.12. The van der Waals surface area contributed by atoms with Gasteiger partial charge < -0.3 is 4.74 Å². The predicted molar refractivity (Wildman–Crippen MR) is 84.8 cm³/mol. The van der Waals surface area contributed by atoms with Crippen LogP contribution in [0.2, 0.25) is 0 Å². The van der Waals surface area contributed by atoms with Gasteiger partial charge in [-0.25, -0.2) is 0 Å². The first-order chi connectivity index (χ1) is 9.88. The van der Waals surface area contributed by atoms with Gasteiger partial charge in [0.15, 0.2) is 0 Å². The molecule has 104 valence electrons. The fourth-order valence-corrected chi connectivity index (χ4v) is 2.04. The van der Waals surface area contributed by atoms with E-state index in [4.69, 9.17) is 4.74 Å². The molecule has 0 fully saturated rings. The van der Waals surface area contributed by atoms with Gasteiger partial charge >= 0.3 is 0 Å². The van der Waals surface area contributed by atoms with Crippen LogP contribution in [0.3, 0.4) is 0 Å². The molecule has 2 heteroatoms. The summed E-state index contributed by atoms with van der Waals surface area (Å²) in [5.74, 6) is 0.880. The third-order valence-corrected chi connectivity index (χ3v) is 3.20. The van der Waals surface area contributed by atoms with E-state index in [0.717, 1.165) is 30.7 Å². The van der Waals surface area contributed by atoms with E-state index in [0.29, 0.717) is 0 Å². The van der Waals surface area contributed by atoms with Crippen LogP contribution in [0.1, 0.15) is 24.0 Å². The zero-order chi connectivity index (χ0) is 14.0. The second-order valence-electron chi connectivity index (χ2n) is 4.75. The molecule has 0 radical (unpaired) electrons. The summed E-state index contributed by atoms with van der Waals surface area (Å²) in [6.45, 7) is 0.888. The Morgan fingerprint density at radius 3 is 2.40 bits per heavy atom. The monoisotopic (exact) mass is 267 g/mol. The number of rotatable bonds is 7. The van der Waals surface area contributed by atoms with Gasteiger partial charge in [-0.15, -0.1) is 0 Å². The van der Waals surface area contributed by atoms with Crippen molar-refractivity contribution in [1.29, 1.82) is 0 Å². The van der Waals surface area contributed by atoms with Crippen LogP contribution >= 0.6 is 0 Å². The summed E-state index contributed by atoms with van der Waals surface area (Å²) in [6.07, 6.45) is 5.38. The first-order valence-electron chi connectivity index (χ1n) is 7.06. The van der Waals surface area contributed by atoms with Crippen molar-refractivity contribution in [1.82, 2.24) is 0 Å². The molecule has 2 aromatic rings. The molecule has 0 aliphatic carbocycles. The molecular weight excluding hydrogens is 246 g/mol. The fourth-order valence-electron chi connectivity index (χ4n) is 2.04.